The van der Waals surface area contributed by atoms with Crippen molar-refractivity contribution in [1.82, 2.24) is 20.4 Å². The molecule has 2 N–H and O–H groups in total. The SMILES string of the molecule is Cc1nc(-c2ccc(NC(=O)C(NCC(C)c3ccc(C#N)cc3)c3ccccc3)nc2)no1. The molecule has 0 radical (unpaired) electrons. The summed E-state index contributed by atoms with van der Waals surface area (Å²) in [6.07, 6.45) is 1.60. The van der Waals surface area contributed by atoms with E-state index in [0.29, 0.717) is 35.2 Å². The highest BCUT2D eigenvalue weighted by molar-refractivity contribution is 5.94. The van der Waals surface area contributed by atoms with E-state index in [1.807, 2.05) is 42.5 Å². The minimum absolute atomic E-state index is 0.141. The highest BCUT2D eigenvalue weighted by Crippen LogP contribution is 2.21. The lowest BCUT2D eigenvalue weighted by atomic mass is 9.98. The van der Waals surface area contributed by atoms with Crippen LogP contribution in [0.25, 0.3) is 11.4 Å². The number of aromatic nitrogens is 3. The van der Waals surface area contributed by atoms with E-state index in [1.165, 1.54) is 0 Å². The Kier molecular flexibility index (Phi) is 7.06. The summed E-state index contributed by atoms with van der Waals surface area (Å²) in [6, 6.07) is 22.1. The molecule has 2 unspecified atom stereocenters. The van der Waals surface area contributed by atoms with Crippen LogP contribution in [0, 0.1) is 18.3 Å². The van der Waals surface area contributed by atoms with E-state index >= 15 is 0 Å². The third-order valence-corrected chi connectivity index (χ3v) is 5.43. The van der Waals surface area contributed by atoms with Gasteiger partial charge in [-0.15, -0.1) is 0 Å². The number of anilines is 1. The Hall–Kier alpha value is -4.35. The molecule has 0 aliphatic heterocycles. The van der Waals surface area contributed by atoms with Gasteiger partial charge in [0, 0.05) is 25.2 Å². The second kappa shape index (κ2) is 10.5. The number of nitrogens with one attached hydrogen (secondary N) is 2. The molecule has 34 heavy (non-hydrogen) atoms. The lowest BCUT2D eigenvalue weighted by Gasteiger charge is -2.21. The van der Waals surface area contributed by atoms with Gasteiger partial charge in [0.1, 0.15) is 11.9 Å². The molecule has 2 heterocycles. The number of carbonyl (C=O) groups excluding carboxylic acids is 1. The number of aryl methyl sites for hydroxylation is 1. The van der Waals surface area contributed by atoms with Gasteiger partial charge in [0.15, 0.2) is 0 Å². The third kappa shape index (κ3) is 5.52. The van der Waals surface area contributed by atoms with Crippen molar-refractivity contribution in [1.29, 1.82) is 5.26 Å². The smallest absolute Gasteiger partial charge is 0.247 e. The van der Waals surface area contributed by atoms with E-state index < -0.39 is 6.04 Å². The van der Waals surface area contributed by atoms with Gasteiger partial charge in [-0.25, -0.2) is 4.98 Å². The second-order valence-corrected chi connectivity index (χ2v) is 7.95. The third-order valence-electron chi connectivity index (χ3n) is 5.43. The number of rotatable bonds is 8. The highest BCUT2D eigenvalue weighted by Gasteiger charge is 2.22. The summed E-state index contributed by atoms with van der Waals surface area (Å²) >= 11 is 0. The van der Waals surface area contributed by atoms with E-state index in [9.17, 15) is 4.79 Å². The normalized spacial score (nSPS) is 12.5. The van der Waals surface area contributed by atoms with Crippen molar-refractivity contribution in [2.45, 2.75) is 25.8 Å². The lowest BCUT2D eigenvalue weighted by molar-refractivity contribution is -0.118. The Balaban J connectivity index is 1.46. The summed E-state index contributed by atoms with van der Waals surface area (Å²) in [5.74, 6) is 1.27. The minimum atomic E-state index is -0.566. The van der Waals surface area contributed by atoms with Crippen molar-refractivity contribution in [3.05, 3.63) is 95.5 Å². The Morgan fingerprint density at radius 2 is 1.82 bits per heavy atom. The molecule has 0 saturated carbocycles. The Labute approximate surface area is 197 Å². The molecule has 8 nitrogen and oxygen atoms in total. The van der Waals surface area contributed by atoms with E-state index in [1.54, 1.807) is 37.4 Å². The minimum Gasteiger partial charge on any atom is -0.339 e. The molecule has 2 atom stereocenters. The van der Waals surface area contributed by atoms with E-state index in [0.717, 1.165) is 11.1 Å². The molecule has 8 heteroatoms. The zero-order valence-corrected chi connectivity index (χ0v) is 18.9. The fourth-order valence-electron chi connectivity index (χ4n) is 3.52. The molecular formula is C26H24N6O2. The van der Waals surface area contributed by atoms with Crippen LogP contribution < -0.4 is 10.6 Å². The maximum atomic E-state index is 13.2. The maximum absolute atomic E-state index is 13.2. The largest absolute Gasteiger partial charge is 0.339 e. The summed E-state index contributed by atoms with van der Waals surface area (Å²) in [4.78, 5) is 21.7. The first-order valence-corrected chi connectivity index (χ1v) is 10.9. The molecule has 170 valence electrons. The molecular weight excluding hydrogens is 428 g/mol. The number of hydrogen-bond donors (Lipinski definition) is 2. The van der Waals surface area contributed by atoms with Crippen molar-refractivity contribution in [2.75, 3.05) is 11.9 Å². The summed E-state index contributed by atoms with van der Waals surface area (Å²) < 4.78 is 5.00. The first-order chi connectivity index (χ1) is 16.5. The number of hydrogen-bond acceptors (Lipinski definition) is 7. The van der Waals surface area contributed by atoms with E-state index in [4.69, 9.17) is 9.78 Å². The predicted octanol–water partition coefficient (Wildman–Crippen LogP) is 4.38. The van der Waals surface area contributed by atoms with Gasteiger partial charge in [0.25, 0.3) is 0 Å². The number of carbonyl (C=O) groups is 1. The molecule has 4 aromatic rings. The number of nitriles is 1. The first-order valence-electron chi connectivity index (χ1n) is 10.9. The van der Waals surface area contributed by atoms with Crippen LogP contribution in [0.3, 0.4) is 0 Å². The zero-order chi connectivity index (χ0) is 23.9. The quantitative estimate of drug-likeness (QED) is 0.407. The standard InChI is InChI=1S/C26H24N6O2/c1-17(20-10-8-19(14-27)9-11-20)15-29-24(21-6-4-3-5-7-21)26(33)31-23-13-12-22(16-28-23)25-30-18(2)34-32-25/h3-13,16-17,24,29H,15H2,1-2H3,(H,28,31,33). The summed E-state index contributed by atoms with van der Waals surface area (Å²) in [6.45, 7) is 4.37. The molecule has 4 rings (SSSR count). The van der Waals surface area contributed by atoms with Crippen LogP contribution in [0.5, 0.6) is 0 Å². The van der Waals surface area contributed by atoms with Gasteiger partial charge in [-0.2, -0.15) is 10.2 Å². The van der Waals surface area contributed by atoms with Crippen LogP contribution in [0.15, 0.2) is 77.4 Å². The van der Waals surface area contributed by atoms with Gasteiger partial charge < -0.3 is 15.2 Å². The molecule has 0 spiro atoms. The van der Waals surface area contributed by atoms with Gasteiger partial charge in [-0.3, -0.25) is 4.79 Å². The molecule has 0 fully saturated rings. The Bertz CT molecular complexity index is 1280. The zero-order valence-electron chi connectivity index (χ0n) is 18.9. The van der Waals surface area contributed by atoms with Crippen molar-refractivity contribution in [3.8, 4) is 17.5 Å². The van der Waals surface area contributed by atoms with Crippen LogP contribution in [-0.2, 0) is 4.79 Å². The highest BCUT2D eigenvalue weighted by atomic mass is 16.5. The van der Waals surface area contributed by atoms with Gasteiger partial charge in [0.2, 0.25) is 17.6 Å². The molecule has 0 bridgehead atoms. The van der Waals surface area contributed by atoms with Crippen molar-refractivity contribution in [2.24, 2.45) is 0 Å². The first kappa shape index (κ1) is 22.8. The topological polar surface area (TPSA) is 117 Å². The molecule has 1 amide bonds. The fourth-order valence-corrected chi connectivity index (χ4v) is 3.52. The summed E-state index contributed by atoms with van der Waals surface area (Å²) in [5, 5.41) is 19.2. The average molecular weight is 453 g/mol. The van der Waals surface area contributed by atoms with Gasteiger partial charge in [-0.1, -0.05) is 54.5 Å². The monoisotopic (exact) mass is 452 g/mol. The Morgan fingerprint density at radius 3 is 2.44 bits per heavy atom. The maximum Gasteiger partial charge on any atom is 0.247 e. The van der Waals surface area contributed by atoms with E-state index in [-0.39, 0.29) is 11.8 Å². The molecule has 0 saturated heterocycles. The van der Waals surface area contributed by atoms with Gasteiger partial charge >= 0.3 is 0 Å². The van der Waals surface area contributed by atoms with Crippen LogP contribution in [0.1, 0.15) is 41.5 Å². The molecule has 0 aliphatic carbocycles. The van der Waals surface area contributed by atoms with Gasteiger partial charge in [-0.05, 0) is 41.3 Å². The second-order valence-electron chi connectivity index (χ2n) is 7.95. The average Bonchev–Trinajstić information content (AvgIpc) is 3.31. The van der Waals surface area contributed by atoms with Gasteiger partial charge in [0.05, 0.1) is 11.6 Å². The van der Waals surface area contributed by atoms with Crippen LogP contribution >= 0.6 is 0 Å². The molecule has 2 aromatic heterocycles. The summed E-state index contributed by atoms with van der Waals surface area (Å²) in [5.41, 5.74) is 3.26. The summed E-state index contributed by atoms with van der Waals surface area (Å²) in [7, 11) is 0. The van der Waals surface area contributed by atoms with E-state index in [2.05, 4.69) is 38.8 Å². The predicted molar refractivity (Wildman–Crippen MR) is 128 cm³/mol. The number of pyridine rings is 1. The number of nitrogens with zero attached hydrogens (tertiary/aromatic N) is 4. The van der Waals surface area contributed by atoms with Crippen LogP contribution in [0.4, 0.5) is 5.82 Å². The molecule has 2 aromatic carbocycles. The van der Waals surface area contributed by atoms with Crippen molar-refractivity contribution in [3.63, 3.8) is 0 Å². The van der Waals surface area contributed by atoms with Crippen LogP contribution in [-0.4, -0.2) is 27.6 Å². The van der Waals surface area contributed by atoms with Crippen LogP contribution in [0.2, 0.25) is 0 Å². The van der Waals surface area contributed by atoms with Crippen molar-refractivity contribution < 1.29 is 9.32 Å². The fraction of sp³-hybridized carbons (Fsp3) is 0.192. The van der Waals surface area contributed by atoms with Crippen molar-refractivity contribution >= 4 is 11.7 Å². The number of benzene rings is 2. The number of amides is 1. The Morgan fingerprint density at radius 1 is 1.06 bits per heavy atom. The lowest BCUT2D eigenvalue weighted by Crippen LogP contribution is -2.35. The molecule has 0 aliphatic rings.